The number of hydrogen-bond donors (Lipinski definition) is 1. The second-order valence-corrected chi connectivity index (χ2v) is 6.91. The van der Waals surface area contributed by atoms with Gasteiger partial charge in [-0.3, -0.25) is 4.79 Å². The van der Waals surface area contributed by atoms with Crippen LogP contribution in [0.1, 0.15) is 20.7 Å². The third-order valence-corrected chi connectivity index (χ3v) is 5.53. The minimum absolute atomic E-state index is 0.317. The average Bonchev–Trinajstić information content (AvgIpc) is 2.71. The highest BCUT2D eigenvalue weighted by atomic mass is 32.2. The Bertz CT molecular complexity index is 1020. The van der Waals surface area contributed by atoms with Crippen molar-refractivity contribution in [1.29, 1.82) is 0 Å². The van der Waals surface area contributed by atoms with Gasteiger partial charge in [-0.15, -0.1) is 0 Å². The molecule has 0 saturated heterocycles. The molecule has 0 heterocycles. The van der Waals surface area contributed by atoms with Crippen molar-refractivity contribution in [2.24, 2.45) is 0 Å². The number of carbonyl (C=O) groups excluding carboxylic acids is 2. The zero-order valence-corrected chi connectivity index (χ0v) is 15.1. The van der Waals surface area contributed by atoms with E-state index in [0.29, 0.717) is 26.3 Å². The highest BCUT2D eigenvalue weighted by molar-refractivity contribution is 7.85. The van der Waals surface area contributed by atoms with E-state index >= 15 is 0 Å². The van der Waals surface area contributed by atoms with Crippen molar-refractivity contribution in [3.05, 3.63) is 71.8 Å². The second-order valence-electron chi connectivity index (χ2n) is 5.50. The molecule has 0 spiro atoms. The van der Waals surface area contributed by atoms with Crippen LogP contribution in [-0.2, 0) is 15.5 Å². The summed E-state index contributed by atoms with van der Waals surface area (Å²) in [6.07, 6.45) is 0. The van der Waals surface area contributed by atoms with E-state index in [4.69, 9.17) is 4.74 Å². The third kappa shape index (κ3) is 3.11. The number of ether oxygens (including phenoxy) is 1. The lowest BCUT2D eigenvalue weighted by molar-refractivity contribution is 0.0602. The average molecular weight is 367 g/mol. The van der Waals surface area contributed by atoms with E-state index in [2.05, 4.69) is 5.32 Å². The standard InChI is InChI=1S/C20H17NO4S/c1-21-19(22)14-9-3-4-11-16(14)26(24)17-12-6-8-13-7-5-10-15(18(13)17)20(23)25-2/h3-12H,1-2H3,(H,21,22)/t26-/m0/s1. The van der Waals surface area contributed by atoms with Gasteiger partial charge in [-0.1, -0.05) is 36.4 Å². The molecule has 132 valence electrons. The van der Waals surface area contributed by atoms with Crippen molar-refractivity contribution in [3.63, 3.8) is 0 Å². The molecule has 0 aliphatic rings. The van der Waals surface area contributed by atoms with Gasteiger partial charge in [-0.2, -0.15) is 0 Å². The van der Waals surface area contributed by atoms with Crippen LogP contribution in [0.5, 0.6) is 0 Å². The summed E-state index contributed by atoms with van der Waals surface area (Å²) >= 11 is 0. The first-order valence-corrected chi connectivity index (χ1v) is 9.06. The zero-order valence-electron chi connectivity index (χ0n) is 14.3. The van der Waals surface area contributed by atoms with Crippen LogP contribution < -0.4 is 5.32 Å². The van der Waals surface area contributed by atoms with E-state index in [-0.39, 0.29) is 5.91 Å². The van der Waals surface area contributed by atoms with Crippen LogP contribution in [0.3, 0.4) is 0 Å². The number of hydrogen-bond acceptors (Lipinski definition) is 4. The molecule has 0 aromatic heterocycles. The van der Waals surface area contributed by atoms with Gasteiger partial charge in [0.15, 0.2) is 0 Å². The van der Waals surface area contributed by atoms with Crippen LogP contribution >= 0.6 is 0 Å². The van der Waals surface area contributed by atoms with E-state index in [9.17, 15) is 13.8 Å². The predicted octanol–water partition coefficient (Wildman–Crippen LogP) is 3.15. The van der Waals surface area contributed by atoms with Gasteiger partial charge in [0.2, 0.25) is 0 Å². The highest BCUT2D eigenvalue weighted by Crippen LogP contribution is 2.30. The first-order chi connectivity index (χ1) is 12.6. The van der Waals surface area contributed by atoms with Gasteiger partial charge in [0.1, 0.15) is 0 Å². The zero-order chi connectivity index (χ0) is 18.7. The summed E-state index contributed by atoms with van der Waals surface area (Å²) < 4.78 is 18.2. The molecule has 0 radical (unpaired) electrons. The molecule has 0 fully saturated rings. The molecule has 0 aliphatic carbocycles. The van der Waals surface area contributed by atoms with Crippen LogP contribution in [0.4, 0.5) is 0 Å². The fourth-order valence-electron chi connectivity index (χ4n) is 2.81. The molecule has 1 N–H and O–H groups in total. The summed E-state index contributed by atoms with van der Waals surface area (Å²) in [5, 5.41) is 3.89. The molecule has 0 unspecified atom stereocenters. The molecule has 5 nitrogen and oxygen atoms in total. The van der Waals surface area contributed by atoms with Gasteiger partial charge in [0.25, 0.3) is 5.91 Å². The molecule has 0 saturated carbocycles. The number of benzene rings is 3. The monoisotopic (exact) mass is 367 g/mol. The number of methoxy groups -OCH3 is 1. The molecule has 3 rings (SSSR count). The molecular weight excluding hydrogens is 350 g/mol. The Morgan fingerprint density at radius 1 is 0.885 bits per heavy atom. The van der Waals surface area contributed by atoms with Gasteiger partial charge in [-0.05, 0) is 29.7 Å². The molecule has 1 atom stereocenters. The SMILES string of the molecule is CNC(=O)c1ccccc1[S@](=O)c1cccc2cccc(C(=O)OC)c12. The fourth-order valence-corrected chi connectivity index (χ4v) is 4.23. The number of amides is 1. The topological polar surface area (TPSA) is 72.5 Å². The van der Waals surface area contributed by atoms with Crippen LogP contribution in [0.15, 0.2) is 70.5 Å². The lowest BCUT2D eigenvalue weighted by Gasteiger charge is -2.12. The maximum absolute atomic E-state index is 13.3. The van der Waals surface area contributed by atoms with E-state index in [1.54, 1.807) is 48.5 Å². The van der Waals surface area contributed by atoms with Gasteiger partial charge in [0.05, 0.1) is 38.8 Å². The summed E-state index contributed by atoms with van der Waals surface area (Å²) in [5.74, 6) is -0.818. The number of nitrogens with one attached hydrogen (secondary N) is 1. The van der Waals surface area contributed by atoms with Crippen LogP contribution in [0.2, 0.25) is 0 Å². The molecule has 1 amide bonds. The van der Waals surface area contributed by atoms with Gasteiger partial charge < -0.3 is 10.1 Å². The summed E-state index contributed by atoms with van der Waals surface area (Å²) in [6, 6.07) is 17.3. The lowest BCUT2D eigenvalue weighted by Crippen LogP contribution is -2.19. The van der Waals surface area contributed by atoms with Crippen LogP contribution in [-0.4, -0.2) is 30.2 Å². The fraction of sp³-hybridized carbons (Fsp3) is 0.100. The third-order valence-electron chi connectivity index (χ3n) is 4.03. The molecular formula is C20H17NO4S. The summed E-state index contributed by atoms with van der Waals surface area (Å²) in [7, 11) is 1.18. The molecule has 6 heteroatoms. The smallest absolute Gasteiger partial charge is 0.338 e. The molecule has 26 heavy (non-hydrogen) atoms. The maximum atomic E-state index is 13.3. The van der Waals surface area contributed by atoms with Crippen molar-refractivity contribution in [2.45, 2.75) is 9.79 Å². The largest absolute Gasteiger partial charge is 0.465 e. The van der Waals surface area contributed by atoms with E-state index < -0.39 is 16.8 Å². The second kappa shape index (κ2) is 7.49. The van der Waals surface area contributed by atoms with Gasteiger partial charge in [-0.25, -0.2) is 9.00 Å². The van der Waals surface area contributed by atoms with Crippen molar-refractivity contribution in [2.75, 3.05) is 14.2 Å². The van der Waals surface area contributed by atoms with Crippen LogP contribution in [0.25, 0.3) is 10.8 Å². The molecule has 3 aromatic carbocycles. The first kappa shape index (κ1) is 17.8. The summed E-state index contributed by atoms with van der Waals surface area (Å²) in [6.45, 7) is 0. The van der Waals surface area contributed by atoms with Gasteiger partial charge >= 0.3 is 5.97 Å². The van der Waals surface area contributed by atoms with Crippen molar-refractivity contribution < 1.29 is 18.5 Å². The van der Waals surface area contributed by atoms with E-state index in [0.717, 1.165) is 5.39 Å². The summed E-state index contributed by atoms with van der Waals surface area (Å²) in [4.78, 5) is 25.2. The quantitative estimate of drug-likeness (QED) is 0.719. The van der Waals surface area contributed by atoms with Crippen molar-refractivity contribution in [1.82, 2.24) is 5.32 Å². The number of fused-ring (bicyclic) bond motifs is 1. The Morgan fingerprint density at radius 2 is 1.50 bits per heavy atom. The van der Waals surface area contributed by atoms with Crippen molar-refractivity contribution >= 4 is 33.4 Å². The molecule has 3 aromatic rings. The predicted molar refractivity (Wildman–Crippen MR) is 99.8 cm³/mol. The van der Waals surface area contributed by atoms with Gasteiger partial charge in [0, 0.05) is 12.4 Å². The lowest BCUT2D eigenvalue weighted by atomic mass is 10.0. The van der Waals surface area contributed by atoms with E-state index in [1.165, 1.54) is 14.2 Å². The Labute approximate surface area is 153 Å². The first-order valence-electron chi connectivity index (χ1n) is 7.91. The summed E-state index contributed by atoms with van der Waals surface area (Å²) in [5.41, 5.74) is 0.673. The minimum Gasteiger partial charge on any atom is -0.465 e. The Balaban J connectivity index is 2.26. The molecule has 0 bridgehead atoms. The van der Waals surface area contributed by atoms with Crippen LogP contribution in [0, 0.1) is 0 Å². The molecule has 0 aliphatic heterocycles. The van der Waals surface area contributed by atoms with E-state index in [1.807, 2.05) is 12.1 Å². The number of carbonyl (C=O) groups is 2. The number of esters is 1. The Kier molecular flexibility index (Phi) is 5.14. The minimum atomic E-state index is -1.65. The highest BCUT2D eigenvalue weighted by Gasteiger charge is 2.21. The Morgan fingerprint density at radius 3 is 2.19 bits per heavy atom. The number of rotatable bonds is 4. The normalized spacial score (nSPS) is 11.8. The Hall–Kier alpha value is -2.99. The van der Waals surface area contributed by atoms with Crippen molar-refractivity contribution in [3.8, 4) is 0 Å². The maximum Gasteiger partial charge on any atom is 0.338 e.